The van der Waals surface area contributed by atoms with Crippen molar-refractivity contribution in [3.8, 4) is 0 Å². The quantitative estimate of drug-likeness (QED) is 0.896. The first kappa shape index (κ1) is 15.5. The number of morpholine rings is 1. The van der Waals surface area contributed by atoms with Gasteiger partial charge in [0.25, 0.3) is 0 Å². The van der Waals surface area contributed by atoms with Gasteiger partial charge in [0.15, 0.2) is 0 Å². The number of ether oxygens (including phenoxy) is 1. The van der Waals surface area contributed by atoms with Crippen LogP contribution in [0.4, 0.5) is 0 Å². The van der Waals surface area contributed by atoms with E-state index in [4.69, 9.17) is 4.74 Å². The van der Waals surface area contributed by atoms with Crippen LogP contribution in [0, 0.1) is 0 Å². The maximum Gasteiger partial charge on any atom is 0.221 e. The predicted molar refractivity (Wildman–Crippen MR) is 86.8 cm³/mol. The van der Waals surface area contributed by atoms with Crippen LogP contribution in [0.25, 0.3) is 0 Å². The molecule has 1 aromatic rings. The van der Waals surface area contributed by atoms with Gasteiger partial charge >= 0.3 is 0 Å². The molecule has 2 aliphatic rings. The molecule has 1 aliphatic heterocycles. The molecule has 0 spiro atoms. The highest BCUT2D eigenvalue weighted by molar-refractivity contribution is 5.77. The molecule has 3 rings (SSSR count). The zero-order valence-electron chi connectivity index (χ0n) is 13.1. The van der Waals surface area contributed by atoms with Gasteiger partial charge in [-0.15, -0.1) is 0 Å². The van der Waals surface area contributed by atoms with Crippen LogP contribution in [0.2, 0.25) is 0 Å². The Bertz CT molecular complexity index is 471. The summed E-state index contributed by atoms with van der Waals surface area (Å²) in [5.74, 6) is 0.602. The smallest absolute Gasteiger partial charge is 0.221 e. The molecule has 1 aliphatic carbocycles. The Balaban J connectivity index is 1.58. The molecule has 0 radical (unpaired) electrons. The molecule has 1 aromatic carbocycles. The van der Waals surface area contributed by atoms with Crippen LogP contribution in [0.1, 0.15) is 43.6 Å². The van der Waals surface area contributed by atoms with Gasteiger partial charge in [-0.2, -0.15) is 0 Å². The number of rotatable bonds is 4. The highest BCUT2D eigenvalue weighted by Crippen LogP contribution is 2.33. The number of hydrogen-bond donors (Lipinski definition) is 2. The monoisotopic (exact) mass is 302 g/mol. The third-order valence-corrected chi connectivity index (χ3v) is 4.77. The summed E-state index contributed by atoms with van der Waals surface area (Å²) in [5.41, 5.74) is 1.35. The summed E-state index contributed by atoms with van der Waals surface area (Å²) < 4.78 is 5.42. The molecule has 22 heavy (non-hydrogen) atoms. The molecule has 1 heterocycles. The summed E-state index contributed by atoms with van der Waals surface area (Å²) in [6, 6.07) is 11.0. The molecule has 0 aromatic heterocycles. The van der Waals surface area contributed by atoms with Crippen molar-refractivity contribution in [2.45, 2.75) is 50.1 Å². The van der Waals surface area contributed by atoms with Crippen molar-refractivity contribution in [3.05, 3.63) is 35.9 Å². The number of carbonyl (C=O) groups is 1. The Labute approximate surface area is 132 Å². The minimum absolute atomic E-state index is 0.149. The average molecular weight is 302 g/mol. The fourth-order valence-corrected chi connectivity index (χ4v) is 3.64. The first-order valence-corrected chi connectivity index (χ1v) is 8.48. The van der Waals surface area contributed by atoms with Gasteiger partial charge in [-0.1, -0.05) is 43.2 Å². The Morgan fingerprint density at radius 1 is 1.23 bits per heavy atom. The van der Waals surface area contributed by atoms with Crippen molar-refractivity contribution in [1.82, 2.24) is 10.6 Å². The third kappa shape index (κ3) is 4.08. The van der Waals surface area contributed by atoms with E-state index >= 15 is 0 Å². The highest BCUT2D eigenvalue weighted by Gasteiger charge is 2.28. The second-order valence-electron chi connectivity index (χ2n) is 6.41. The number of amides is 1. The zero-order valence-corrected chi connectivity index (χ0v) is 13.1. The standard InChI is InChI=1S/C18H26N2O2/c21-18(12-15-13-22-11-10-19-15)20-17-9-5-4-8-16(17)14-6-2-1-3-7-14/h1-3,6-7,15-17,19H,4-5,8-13H2,(H,20,21). The van der Waals surface area contributed by atoms with Gasteiger partial charge in [-0.25, -0.2) is 0 Å². The predicted octanol–water partition coefficient (Wildman–Crippen LogP) is 2.21. The van der Waals surface area contributed by atoms with E-state index in [-0.39, 0.29) is 18.0 Å². The average Bonchev–Trinajstić information content (AvgIpc) is 2.57. The second-order valence-corrected chi connectivity index (χ2v) is 6.41. The molecule has 0 bridgehead atoms. The maximum atomic E-state index is 12.3. The molecule has 2 fully saturated rings. The maximum absolute atomic E-state index is 12.3. The fraction of sp³-hybridized carbons (Fsp3) is 0.611. The minimum atomic E-state index is 0.149. The summed E-state index contributed by atoms with van der Waals surface area (Å²) in [7, 11) is 0. The van der Waals surface area contributed by atoms with Gasteiger partial charge in [0.2, 0.25) is 5.91 Å². The Kier molecular flexibility index (Phi) is 5.46. The molecule has 120 valence electrons. The second kappa shape index (κ2) is 7.75. The van der Waals surface area contributed by atoms with Crippen LogP contribution in [-0.4, -0.2) is 37.7 Å². The van der Waals surface area contributed by atoms with Crippen LogP contribution in [0.5, 0.6) is 0 Å². The van der Waals surface area contributed by atoms with Crippen LogP contribution < -0.4 is 10.6 Å². The SMILES string of the molecule is O=C(CC1COCCN1)NC1CCCCC1c1ccccc1. The van der Waals surface area contributed by atoms with Crippen molar-refractivity contribution in [3.63, 3.8) is 0 Å². The van der Waals surface area contributed by atoms with Crippen LogP contribution >= 0.6 is 0 Å². The first-order valence-electron chi connectivity index (χ1n) is 8.48. The number of carbonyl (C=O) groups excluding carboxylic acids is 1. The lowest BCUT2D eigenvalue weighted by Crippen LogP contribution is -2.47. The number of hydrogen-bond acceptors (Lipinski definition) is 3. The van der Waals surface area contributed by atoms with Crippen molar-refractivity contribution in [2.24, 2.45) is 0 Å². The van der Waals surface area contributed by atoms with Crippen molar-refractivity contribution in [2.75, 3.05) is 19.8 Å². The Morgan fingerprint density at radius 3 is 2.82 bits per heavy atom. The molecule has 3 unspecified atom stereocenters. The highest BCUT2D eigenvalue weighted by atomic mass is 16.5. The Hall–Kier alpha value is -1.39. The molecular formula is C18H26N2O2. The minimum Gasteiger partial charge on any atom is -0.378 e. The van der Waals surface area contributed by atoms with E-state index in [0.717, 1.165) is 19.6 Å². The summed E-state index contributed by atoms with van der Waals surface area (Å²) in [6.45, 7) is 2.23. The van der Waals surface area contributed by atoms with Crippen molar-refractivity contribution in [1.29, 1.82) is 0 Å². The van der Waals surface area contributed by atoms with E-state index in [9.17, 15) is 4.79 Å². The lowest BCUT2D eigenvalue weighted by Gasteiger charge is -2.33. The van der Waals surface area contributed by atoms with E-state index in [2.05, 4.69) is 41.0 Å². The summed E-state index contributed by atoms with van der Waals surface area (Å²) in [6.07, 6.45) is 5.22. The van der Waals surface area contributed by atoms with E-state index in [0.29, 0.717) is 18.9 Å². The first-order chi connectivity index (χ1) is 10.8. The van der Waals surface area contributed by atoms with Gasteiger partial charge in [-0.3, -0.25) is 4.79 Å². The molecule has 1 saturated carbocycles. The molecule has 3 atom stereocenters. The lowest BCUT2D eigenvalue weighted by molar-refractivity contribution is -0.123. The van der Waals surface area contributed by atoms with Gasteiger partial charge in [0, 0.05) is 31.0 Å². The van der Waals surface area contributed by atoms with Gasteiger partial charge in [-0.05, 0) is 18.4 Å². The molecule has 1 amide bonds. The molecule has 1 saturated heterocycles. The summed E-state index contributed by atoms with van der Waals surface area (Å²) in [5, 5.41) is 6.62. The largest absolute Gasteiger partial charge is 0.378 e. The molecule has 4 heteroatoms. The number of benzene rings is 1. The molecule has 2 N–H and O–H groups in total. The van der Waals surface area contributed by atoms with Crippen molar-refractivity contribution < 1.29 is 9.53 Å². The lowest BCUT2D eigenvalue weighted by atomic mass is 9.80. The van der Waals surface area contributed by atoms with Gasteiger partial charge in [0.1, 0.15) is 0 Å². The molecule has 4 nitrogen and oxygen atoms in total. The van der Waals surface area contributed by atoms with Crippen molar-refractivity contribution >= 4 is 5.91 Å². The van der Waals surface area contributed by atoms with Crippen LogP contribution in [0.15, 0.2) is 30.3 Å². The normalized spacial score (nSPS) is 29.0. The fourth-order valence-electron chi connectivity index (χ4n) is 3.64. The van der Waals surface area contributed by atoms with E-state index in [1.54, 1.807) is 0 Å². The van der Waals surface area contributed by atoms with E-state index in [1.807, 2.05) is 0 Å². The van der Waals surface area contributed by atoms with Gasteiger partial charge in [0.05, 0.1) is 13.2 Å². The Morgan fingerprint density at radius 2 is 2.05 bits per heavy atom. The topological polar surface area (TPSA) is 50.4 Å². The van der Waals surface area contributed by atoms with Gasteiger partial charge < -0.3 is 15.4 Å². The zero-order chi connectivity index (χ0) is 15.2. The third-order valence-electron chi connectivity index (χ3n) is 4.77. The van der Waals surface area contributed by atoms with E-state index < -0.39 is 0 Å². The number of nitrogens with one attached hydrogen (secondary N) is 2. The van der Waals surface area contributed by atoms with Crippen LogP contribution in [-0.2, 0) is 9.53 Å². The summed E-state index contributed by atoms with van der Waals surface area (Å²) >= 11 is 0. The van der Waals surface area contributed by atoms with Crippen LogP contribution in [0.3, 0.4) is 0 Å². The molecular weight excluding hydrogens is 276 g/mol. The summed E-state index contributed by atoms with van der Waals surface area (Å²) in [4.78, 5) is 12.3. The van der Waals surface area contributed by atoms with E-state index in [1.165, 1.54) is 24.8 Å².